The van der Waals surface area contributed by atoms with E-state index >= 15 is 0 Å². The van der Waals surface area contributed by atoms with Gasteiger partial charge in [-0.05, 0) is 25.7 Å². The summed E-state index contributed by atoms with van der Waals surface area (Å²) >= 11 is 0. The van der Waals surface area contributed by atoms with Crippen LogP contribution in [-0.2, 0) is 0 Å². The maximum absolute atomic E-state index is 2.69. The van der Waals surface area contributed by atoms with Crippen molar-refractivity contribution in [1.29, 1.82) is 0 Å². The summed E-state index contributed by atoms with van der Waals surface area (Å²) in [6.45, 7) is 9.46. The fourth-order valence-corrected chi connectivity index (χ4v) is 5.66. The van der Waals surface area contributed by atoms with E-state index < -0.39 is 0 Å². The lowest BCUT2D eigenvalue weighted by Crippen LogP contribution is -2.39. The third-order valence-electron chi connectivity index (χ3n) is 8.07. The van der Waals surface area contributed by atoms with Gasteiger partial charge in [-0.1, -0.05) is 156 Å². The van der Waals surface area contributed by atoms with E-state index in [1.165, 1.54) is 174 Å². The van der Waals surface area contributed by atoms with Crippen LogP contribution in [0.5, 0.6) is 0 Å². The molecule has 0 bridgehead atoms. The van der Waals surface area contributed by atoms with Crippen LogP contribution >= 0.6 is 0 Å². The van der Waals surface area contributed by atoms with Crippen LogP contribution in [0.3, 0.4) is 0 Å². The summed E-state index contributed by atoms with van der Waals surface area (Å²) in [4.78, 5) is 5.38. The summed E-state index contributed by atoms with van der Waals surface area (Å²) in [6, 6.07) is 0. The molecule has 2 nitrogen and oxygen atoms in total. The average molecular weight is 491 g/mol. The summed E-state index contributed by atoms with van der Waals surface area (Å²) in [6.07, 6.45) is 41.0. The summed E-state index contributed by atoms with van der Waals surface area (Å²) in [5.74, 6) is 0. The smallest absolute Gasteiger partial charge is 0.101 e. The molecule has 0 spiro atoms. The van der Waals surface area contributed by atoms with Gasteiger partial charge in [-0.25, -0.2) is 0 Å². The minimum atomic E-state index is 0.643. The van der Waals surface area contributed by atoms with Gasteiger partial charge in [0.2, 0.25) is 0 Å². The quantitative estimate of drug-likeness (QED) is 0.106. The molecule has 0 saturated heterocycles. The van der Waals surface area contributed by atoms with Crippen LogP contribution in [0, 0.1) is 0 Å². The van der Waals surface area contributed by atoms with Crippen LogP contribution in [0.15, 0.2) is 12.4 Å². The standard InChI is InChI=1S/C33H66N2/c1-4-7-10-13-16-17-18-19-20-21-24-27-30-35-32-31-34(29-26-23-15-12-9-6-3)33(35)28-25-22-14-11-8-5-2/h31-33H,4-30H2,1-3H3. The number of hydrogen-bond acceptors (Lipinski definition) is 2. The average Bonchev–Trinajstić information content (AvgIpc) is 3.25. The van der Waals surface area contributed by atoms with Gasteiger partial charge < -0.3 is 9.80 Å². The second kappa shape index (κ2) is 25.0. The molecule has 0 radical (unpaired) electrons. The van der Waals surface area contributed by atoms with Gasteiger partial charge in [0.25, 0.3) is 0 Å². The predicted molar refractivity (Wildman–Crippen MR) is 159 cm³/mol. The van der Waals surface area contributed by atoms with Crippen molar-refractivity contribution in [1.82, 2.24) is 9.80 Å². The van der Waals surface area contributed by atoms with E-state index in [2.05, 4.69) is 43.0 Å². The highest BCUT2D eigenvalue weighted by molar-refractivity contribution is 4.97. The maximum Gasteiger partial charge on any atom is 0.101 e. The lowest BCUT2D eigenvalue weighted by molar-refractivity contribution is 0.135. The Bertz CT molecular complexity index is 446. The third kappa shape index (κ3) is 18.3. The Morgan fingerprint density at radius 2 is 0.657 bits per heavy atom. The maximum atomic E-state index is 2.69. The molecule has 1 aliphatic rings. The SMILES string of the molecule is CCCCCCCCCCCCCCN1C=CN(CCCCCCCC)C1CCCCCCCC. The Morgan fingerprint density at radius 1 is 0.371 bits per heavy atom. The second-order valence-electron chi connectivity index (χ2n) is 11.5. The molecule has 1 heterocycles. The van der Waals surface area contributed by atoms with Gasteiger partial charge >= 0.3 is 0 Å². The molecular weight excluding hydrogens is 424 g/mol. The fourth-order valence-electron chi connectivity index (χ4n) is 5.66. The van der Waals surface area contributed by atoms with E-state index in [0.29, 0.717) is 6.17 Å². The molecule has 0 aromatic rings. The second-order valence-corrected chi connectivity index (χ2v) is 11.5. The van der Waals surface area contributed by atoms with Crippen LogP contribution in [0.1, 0.15) is 181 Å². The minimum Gasteiger partial charge on any atom is -0.356 e. The predicted octanol–water partition coefficient (Wildman–Crippen LogP) is 11.2. The molecule has 1 rings (SSSR count). The van der Waals surface area contributed by atoms with E-state index in [1.807, 2.05) is 0 Å². The molecule has 0 aromatic carbocycles. The molecule has 1 atom stereocenters. The monoisotopic (exact) mass is 491 g/mol. The Morgan fingerprint density at radius 3 is 1.00 bits per heavy atom. The third-order valence-corrected chi connectivity index (χ3v) is 8.07. The lowest BCUT2D eigenvalue weighted by atomic mass is 10.0. The summed E-state index contributed by atoms with van der Waals surface area (Å²) in [7, 11) is 0. The van der Waals surface area contributed by atoms with Gasteiger partial charge in [0.15, 0.2) is 0 Å². The molecule has 208 valence electrons. The Hall–Kier alpha value is -0.660. The zero-order valence-corrected chi connectivity index (χ0v) is 24.7. The van der Waals surface area contributed by atoms with Crippen molar-refractivity contribution in [3.63, 3.8) is 0 Å². The minimum absolute atomic E-state index is 0.643. The molecule has 0 amide bonds. The van der Waals surface area contributed by atoms with E-state index in [4.69, 9.17) is 0 Å². The molecule has 0 aromatic heterocycles. The Labute approximate surface area is 222 Å². The number of nitrogens with zero attached hydrogens (tertiary/aromatic N) is 2. The first kappa shape index (κ1) is 32.4. The van der Waals surface area contributed by atoms with E-state index in [0.717, 1.165) is 0 Å². The van der Waals surface area contributed by atoms with Crippen LogP contribution in [-0.4, -0.2) is 29.1 Å². The zero-order valence-electron chi connectivity index (χ0n) is 24.7. The first-order valence-corrected chi connectivity index (χ1v) is 16.5. The Kier molecular flexibility index (Phi) is 23.1. The van der Waals surface area contributed by atoms with Gasteiger partial charge in [-0.15, -0.1) is 0 Å². The first-order valence-electron chi connectivity index (χ1n) is 16.5. The van der Waals surface area contributed by atoms with Crippen molar-refractivity contribution in [2.45, 2.75) is 187 Å². The topological polar surface area (TPSA) is 6.48 Å². The highest BCUT2D eigenvalue weighted by Gasteiger charge is 2.24. The summed E-state index contributed by atoms with van der Waals surface area (Å²) in [5, 5.41) is 0. The fraction of sp³-hybridized carbons (Fsp3) is 0.939. The van der Waals surface area contributed by atoms with E-state index in [-0.39, 0.29) is 0 Å². The van der Waals surface area contributed by atoms with Crippen molar-refractivity contribution in [3.8, 4) is 0 Å². The summed E-state index contributed by atoms with van der Waals surface area (Å²) in [5.41, 5.74) is 0. The highest BCUT2D eigenvalue weighted by Crippen LogP contribution is 2.24. The zero-order chi connectivity index (χ0) is 25.2. The van der Waals surface area contributed by atoms with E-state index in [9.17, 15) is 0 Å². The lowest BCUT2D eigenvalue weighted by Gasteiger charge is -2.33. The van der Waals surface area contributed by atoms with Crippen molar-refractivity contribution in [2.24, 2.45) is 0 Å². The van der Waals surface area contributed by atoms with Crippen LogP contribution in [0.2, 0.25) is 0 Å². The Balaban J connectivity index is 2.19. The van der Waals surface area contributed by atoms with Crippen molar-refractivity contribution in [3.05, 3.63) is 12.4 Å². The van der Waals surface area contributed by atoms with Crippen LogP contribution in [0.4, 0.5) is 0 Å². The highest BCUT2D eigenvalue weighted by atomic mass is 15.4. The molecule has 1 unspecified atom stereocenters. The van der Waals surface area contributed by atoms with Crippen molar-refractivity contribution < 1.29 is 0 Å². The van der Waals surface area contributed by atoms with E-state index in [1.54, 1.807) is 0 Å². The van der Waals surface area contributed by atoms with Crippen LogP contribution in [0.25, 0.3) is 0 Å². The molecule has 0 aliphatic carbocycles. The normalized spacial score (nSPS) is 15.6. The van der Waals surface area contributed by atoms with Gasteiger partial charge in [0.05, 0.1) is 0 Å². The van der Waals surface area contributed by atoms with Gasteiger partial charge in [-0.2, -0.15) is 0 Å². The van der Waals surface area contributed by atoms with Crippen molar-refractivity contribution >= 4 is 0 Å². The van der Waals surface area contributed by atoms with Gasteiger partial charge in [-0.3, -0.25) is 0 Å². The molecular formula is C33H66N2. The molecule has 2 heteroatoms. The largest absolute Gasteiger partial charge is 0.356 e. The number of unbranched alkanes of at least 4 members (excludes halogenated alkanes) is 21. The number of hydrogen-bond donors (Lipinski definition) is 0. The van der Waals surface area contributed by atoms with Crippen LogP contribution < -0.4 is 0 Å². The molecule has 35 heavy (non-hydrogen) atoms. The molecule has 0 N–H and O–H groups in total. The van der Waals surface area contributed by atoms with Gasteiger partial charge in [0, 0.05) is 25.5 Å². The van der Waals surface area contributed by atoms with Crippen molar-refractivity contribution in [2.75, 3.05) is 13.1 Å². The molecule has 1 aliphatic heterocycles. The molecule has 0 fully saturated rings. The van der Waals surface area contributed by atoms with Gasteiger partial charge in [0.1, 0.15) is 6.17 Å². The summed E-state index contributed by atoms with van der Waals surface area (Å²) < 4.78 is 0. The number of rotatable bonds is 27. The first-order chi connectivity index (χ1) is 17.3. The molecule has 0 saturated carbocycles.